The number of hydrogen-bond donors (Lipinski definition) is 2. The monoisotopic (exact) mass is 312 g/mol. The van der Waals surface area contributed by atoms with Crippen LogP contribution in [0.3, 0.4) is 0 Å². The van der Waals surface area contributed by atoms with Crippen LogP contribution in [0, 0.1) is 11.3 Å². The van der Waals surface area contributed by atoms with Crippen LogP contribution in [0.15, 0.2) is 12.3 Å². The molecule has 8 nitrogen and oxygen atoms in total. The van der Waals surface area contributed by atoms with E-state index in [1.807, 2.05) is 6.07 Å². The van der Waals surface area contributed by atoms with Crippen molar-refractivity contribution in [1.29, 1.82) is 5.26 Å². The Hall–Kier alpha value is -2.82. The van der Waals surface area contributed by atoms with Crippen molar-refractivity contribution < 1.29 is 9.90 Å². The number of carboxylic acid groups (broad SMARTS) is 1. The number of carbonyl (C=O) groups is 1. The van der Waals surface area contributed by atoms with Crippen molar-refractivity contribution in [2.75, 3.05) is 16.8 Å². The summed E-state index contributed by atoms with van der Waals surface area (Å²) in [5.74, 6) is 0.502. The molecule has 0 amide bonds. The summed E-state index contributed by atoms with van der Waals surface area (Å²) in [6.45, 7) is 0.652. The molecule has 2 fully saturated rings. The van der Waals surface area contributed by atoms with Crippen LogP contribution in [0.2, 0.25) is 0 Å². The minimum atomic E-state index is -0.838. The molecule has 0 aromatic carbocycles. The van der Waals surface area contributed by atoms with Crippen molar-refractivity contribution in [3.05, 3.63) is 17.8 Å². The fourth-order valence-electron chi connectivity index (χ4n) is 3.01. The Kier molecular flexibility index (Phi) is 3.08. The van der Waals surface area contributed by atoms with E-state index in [1.165, 1.54) is 6.20 Å². The quantitative estimate of drug-likeness (QED) is 0.874. The van der Waals surface area contributed by atoms with E-state index < -0.39 is 12.0 Å². The molecule has 2 N–H and O–H groups in total. The molecule has 1 aliphatic heterocycles. The van der Waals surface area contributed by atoms with Crippen molar-refractivity contribution in [2.24, 2.45) is 0 Å². The molecule has 3 heterocycles. The number of fused-ring (bicyclic) bond motifs is 1. The van der Waals surface area contributed by atoms with Crippen LogP contribution in [-0.4, -0.2) is 44.3 Å². The molecule has 0 bridgehead atoms. The van der Waals surface area contributed by atoms with Gasteiger partial charge in [0.15, 0.2) is 5.65 Å². The number of carboxylic acids is 1. The fourth-order valence-corrected chi connectivity index (χ4v) is 3.01. The molecule has 2 aliphatic rings. The van der Waals surface area contributed by atoms with Gasteiger partial charge >= 0.3 is 5.97 Å². The Morgan fingerprint density at radius 1 is 1.43 bits per heavy atom. The lowest BCUT2D eigenvalue weighted by atomic mass is 10.2. The summed E-state index contributed by atoms with van der Waals surface area (Å²) >= 11 is 0. The minimum Gasteiger partial charge on any atom is -0.480 e. The molecule has 1 aliphatic carbocycles. The zero-order chi connectivity index (χ0) is 16.0. The van der Waals surface area contributed by atoms with E-state index in [9.17, 15) is 15.2 Å². The molecule has 0 spiro atoms. The maximum Gasteiger partial charge on any atom is 0.326 e. The van der Waals surface area contributed by atoms with Crippen molar-refractivity contribution in [3.8, 4) is 6.07 Å². The third-order valence-electron chi connectivity index (χ3n) is 4.34. The first kappa shape index (κ1) is 13.8. The normalized spacial score (nSPS) is 20.7. The van der Waals surface area contributed by atoms with E-state index in [-0.39, 0.29) is 0 Å². The first-order valence-electron chi connectivity index (χ1n) is 7.72. The van der Waals surface area contributed by atoms with Gasteiger partial charge in [-0.05, 0) is 25.7 Å². The van der Waals surface area contributed by atoms with Crippen LogP contribution in [0.5, 0.6) is 0 Å². The average Bonchev–Trinajstić information content (AvgIpc) is 3.06. The van der Waals surface area contributed by atoms with E-state index in [1.54, 1.807) is 9.42 Å². The second-order valence-corrected chi connectivity index (χ2v) is 6.01. The maximum atomic E-state index is 11.4. The number of hydrogen-bond acceptors (Lipinski definition) is 6. The van der Waals surface area contributed by atoms with Gasteiger partial charge < -0.3 is 15.3 Å². The Morgan fingerprint density at radius 3 is 2.96 bits per heavy atom. The van der Waals surface area contributed by atoms with Crippen molar-refractivity contribution >= 4 is 23.3 Å². The molecule has 1 saturated carbocycles. The zero-order valence-corrected chi connectivity index (χ0v) is 12.4. The predicted octanol–water partition coefficient (Wildman–Crippen LogP) is 1.23. The van der Waals surface area contributed by atoms with Crippen LogP contribution < -0.4 is 10.2 Å². The van der Waals surface area contributed by atoms with Crippen molar-refractivity contribution in [2.45, 2.75) is 37.8 Å². The molecular weight excluding hydrogens is 296 g/mol. The van der Waals surface area contributed by atoms with Crippen LogP contribution in [-0.2, 0) is 4.79 Å². The van der Waals surface area contributed by atoms with Gasteiger partial charge in [-0.3, -0.25) is 0 Å². The van der Waals surface area contributed by atoms with Gasteiger partial charge in [0.1, 0.15) is 29.3 Å². The third-order valence-corrected chi connectivity index (χ3v) is 4.34. The first-order valence-corrected chi connectivity index (χ1v) is 7.72. The van der Waals surface area contributed by atoms with E-state index in [4.69, 9.17) is 0 Å². The summed E-state index contributed by atoms with van der Waals surface area (Å²) in [6, 6.07) is 3.77. The Morgan fingerprint density at radius 2 is 2.26 bits per heavy atom. The number of nitriles is 1. The summed E-state index contributed by atoms with van der Waals surface area (Å²) in [4.78, 5) is 17.7. The number of aliphatic carboxylic acids is 1. The van der Waals surface area contributed by atoms with Crippen LogP contribution in [0.25, 0.3) is 5.65 Å². The largest absolute Gasteiger partial charge is 0.480 e. The van der Waals surface area contributed by atoms with Gasteiger partial charge in [-0.15, -0.1) is 0 Å². The van der Waals surface area contributed by atoms with Gasteiger partial charge in [-0.25, -0.2) is 9.78 Å². The van der Waals surface area contributed by atoms with Gasteiger partial charge in [0.25, 0.3) is 0 Å². The standard InChI is InChI=1S/C15H16N6O2/c16-7-9-8-17-21-13(18-10-3-4-10)6-12(19-14(9)21)20-5-1-2-11(20)15(22)23/h6,8,10-11,18H,1-5H2,(H,22,23)/t11-/m1/s1. The maximum absolute atomic E-state index is 11.4. The lowest BCUT2D eigenvalue weighted by Crippen LogP contribution is -2.36. The highest BCUT2D eigenvalue weighted by Gasteiger charge is 2.32. The molecule has 0 unspecified atom stereocenters. The summed E-state index contributed by atoms with van der Waals surface area (Å²) < 4.78 is 1.62. The van der Waals surface area contributed by atoms with Gasteiger partial charge in [0, 0.05) is 18.7 Å². The second kappa shape index (κ2) is 5.12. The molecule has 0 radical (unpaired) electrons. The summed E-state index contributed by atoms with van der Waals surface area (Å²) in [7, 11) is 0. The number of rotatable bonds is 4. The predicted molar refractivity (Wildman–Crippen MR) is 82.4 cm³/mol. The molecule has 118 valence electrons. The van der Waals surface area contributed by atoms with Gasteiger partial charge in [0.2, 0.25) is 0 Å². The minimum absolute atomic E-state index is 0.386. The highest BCUT2D eigenvalue weighted by Crippen LogP contribution is 2.30. The molecule has 23 heavy (non-hydrogen) atoms. The van der Waals surface area contributed by atoms with Crippen LogP contribution in [0.4, 0.5) is 11.6 Å². The van der Waals surface area contributed by atoms with E-state index in [0.29, 0.717) is 36.0 Å². The number of nitrogens with zero attached hydrogens (tertiary/aromatic N) is 5. The highest BCUT2D eigenvalue weighted by molar-refractivity contribution is 5.79. The number of nitrogens with one attached hydrogen (secondary N) is 1. The Labute approximate surface area is 132 Å². The van der Waals surface area contributed by atoms with Crippen LogP contribution in [0.1, 0.15) is 31.2 Å². The summed E-state index contributed by atoms with van der Waals surface area (Å²) in [5.41, 5.74) is 0.848. The smallest absolute Gasteiger partial charge is 0.326 e. The van der Waals surface area contributed by atoms with Gasteiger partial charge in [0.05, 0.1) is 6.20 Å². The van der Waals surface area contributed by atoms with Crippen molar-refractivity contribution in [1.82, 2.24) is 14.6 Å². The molecule has 8 heteroatoms. The van der Waals surface area contributed by atoms with Gasteiger partial charge in [-0.1, -0.05) is 0 Å². The lowest BCUT2D eigenvalue weighted by molar-refractivity contribution is -0.138. The Bertz CT molecular complexity index is 819. The van der Waals surface area contributed by atoms with E-state index in [2.05, 4.69) is 21.5 Å². The Balaban J connectivity index is 1.82. The number of aromatic nitrogens is 3. The molecule has 2 aromatic rings. The summed E-state index contributed by atoms with van der Waals surface area (Å²) in [5, 5.41) is 26.2. The van der Waals surface area contributed by atoms with Crippen molar-refractivity contribution in [3.63, 3.8) is 0 Å². The average molecular weight is 312 g/mol. The molecule has 2 aromatic heterocycles. The SMILES string of the molecule is N#Cc1cnn2c(NC3CC3)cc(N3CCC[C@@H]3C(=O)O)nc12. The molecule has 4 rings (SSSR count). The van der Waals surface area contributed by atoms with E-state index in [0.717, 1.165) is 25.1 Å². The topological polar surface area (TPSA) is 107 Å². The lowest BCUT2D eigenvalue weighted by Gasteiger charge is -2.23. The second-order valence-electron chi connectivity index (χ2n) is 6.01. The summed E-state index contributed by atoms with van der Waals surface area (Å²) in [6.07, 6.45) is 5.13. The fraction of sp³-hybridized carbons (Fsp3) is 0.467. The van der Waals surface area contributed by atoms with Crippen LogP contribution >= 0.6 is 0 Å². The van der Waals surface area contributed by atoms with E-state index >= 15 is 0 Å². The molecule has 1 atom stereocenters. The third kappa shape index (κ3) is 2.34. The van der Waals surface area contributed by atoms with Gasteiger partial charge in [-0.2, -0.15) is 14.9 Å². The zero-order valence-electron chi connectivity index (χ0n) is 12.4. The molecular formula is C15H16N6O2. The number of anilines is 2. The highest BCUT2D eigenvalue weighted by atomic mass is 16.4. The first-order chi connectivity index (χ1) is 11.2. The molecule has 1 saturated heterocycles.